The molecule has 1 aromatic rings. The molecule has 0 heterocycles. The minimum absolute atomic E-state index is 0.0478. The molecule has 0 spiro atoms. The van der Waals surface area contributed by atoms with Gasteiger partial charge in [0.15, 0.2) is 0 Å². The van der Waals surface area contributed by atoms with Crippen LogP contribution in [0.15, 0.2) is 22.7 Å². The summed E-state index contributed by atoms with van der Waals surface area (Å²) in [5.74, 6) is 0.815. The van der Waals surface area contributed by atoms with Gasteiger partial charge in [0.25, 0.3) is 0 Å². The van der Waals surface area contributed by atoms with E-state index in [2.05, 4.69) is 26.6 Å². The Morgan fingerprint density at radius 1 is 1.35 bits per heavy atom. The van der Waals surface area contributed by atoms with Crippen LogP contribution in [0, 0.1) is 0 Å². The second-order valence-corrected chi connectivity index (χ2v) is 5.96. The highest BCUT2D eigenvalue weighted by molar-refractivity contribution is 9.10. The van der Waals surface area contributed by atoms with Crippen molar-refractivity contribution < 1.29 is 9.53 Å². The van der Waals surface area contributed by atoms with Crippen molar-refractivity contribution in [3.05, 3.63) is 22.7 Å². The van der Waals surface area contributed by atoms with Crippen LogP contribution in [0.25, 0.3) is 0 Å². The Morgan fingerprint density at radius 2 is 2.10 bits per heavy atom. The summed E-state index contributed by atoms with van der Waals surface area (Å²) in [4.78, 5) is 11.9. The van der Waals surface area contributed by atoms with Gasteiger partial charge in [-0.3, -0.25) is 4.79 Å². The number of benzene rings is 1. The van der Waals surface area contributed by atoms with Crippen LogP contribution in [-0.2, 0) is 4.79 Å². The van der Waals surface area contributed by atoms with E-state index in [-0.39, 0.29) is 12.5 Å². The fraction of sp³-hybridized carbons (Fsp3) is 0.533. The zero-order chi connectivity index (χ0) is 14.4. The number of anilines is 1. The normalized spacial score (nSPS) is 15.7. The Hall–Kier alpha value is -1.23. The van der Waals surface area contributed by atoms with Gasteiger partial charge in [0.2, 0.25) is 5.91 Å². The minimum Gasteiger partial charge on any atom is -0.497 e. The Labute approximate surface area is 128 Å². The first-order chi connectivity index (χ1) is 9.69. The van der Waals surface area contributed by atoms with Crippen LogP contribution in [0.3, 0.4) is 0 Å². The molecule has 1 aliphatic rings. The molecule has 0 radical (unpaired) electrons. The average Bonchev–Trinajstić information content (AvgIpc) is 2.47. The van der Waals surface area contributed by atoms with E-state index in [0.29, 0.717) is 6.04 Å². The number of hydrogen-bond acceptors (Lipinski definition) is 3. The van der Waals surface area contributed by atoms with Crippen molar-refractivity contribution in [1.29, 1.82) is 0 Å². The van der Waals surface area contributed by atoms with Crippen LogP contribution >= 0.6 is 15.9 Å². The molecule has 1 fully saturated rings. The molecule has 4 nitrogen and oxygen atoms in total. The van der Waals surface area contributed by atoms with E-state index in [4.69, 9.17) is 4.74 Å². The highest BCUT2D eigenvalue weighted by Gasteiger charge is 2.15. The van der Waals surface area contributed by atoms with Crippen molar-refractivity contribution in [3.8, 4) is 5.75 Å². The number of ether oxygens (including phenoxy) is 1. The zero-order valence-electron chi connectivity index (χ0n) is 11.7. The van der Waals surface area contributed by atoms with E-state index >= 15 is 0 Å². The summed E-state index contributed by atoms with van der Waals surface area (Å²) in [5.41, 5.74) is 0.864. The molecule has 110 valence electrons. The average molecular weight is 341 g/mol. The molecule has 1 aliphatic carbocycles. The van der Waals surface area contributed by atoms with Crippen LogP contribution in [0.1, 0.15) is 32.1 Å². The monoisotopic (exact) mass is 340 g/mol. The van der Waals surface area contributed by atoms with Crippen molar-refractivity contribution in [2.45, 2.75) is 38.1 Å². The molecule has 1 saturated carbocycles. The Bertz CT molecular complexity index is 459. The Balaban J connectivity index is 1.83. The number of carbonyl (C=O) groups is 1. The lowest BCUT2D eigenvalue weighted by Gasteiger charge is -2.23. The lowest BCUT2D eigenvalue weighted by molar-refractivity contribution is -0.120. The third-order valence-electron chi connectivity index (χ3n) is 3.58. The summed E-state index contributed by atoms with van der Waals surface area (Å²) in [6, 6.07) is 6.00. The van der Waals surface area contributed by atoms with Gasteiger partial charge < -0.3 is 15.4 Å². The summed E-state index contributed by atoms with van der Waals surface area (Å²) in [6.07, 6.45) is 5.95. The van der Waals surface area contributed by atoms with E-state index in [0.717, 1.165) is 28.8 Å². The highest BCUT2D eigenvalue weighted by Crippen LogP contribution is 2.26. The van der Waals surface area contributed by atoms with Crippen molar-refractivity contribution in [2.24, 2.45) is 0 Å². The predicted octanol–water partition coefficient (Wildman–Crippen LogP) is 3.32. The smallest absolute Gasteiger partial charge is 0.239 e. The molecule has 1 amide bonds. The van der Waals surface area contributed by atoms with E-state index in [9.17, 15) is 4.79 Å². The molecule has 20 heavy (non-hydrogen) atoms. The van der Waals surface area contributed by atoms with E-state index in [1.807, 2.05) is 18.2 Å². The van der Waals surface area contributed by atoms with Gasteiger partial charge >= 0.3 is 0 Å². The van der Waals surface area contributed by atoms with Gasteiger partial charge in [0.1, 0.15) is 5.75 Å². The van der Waals surface area contributed by atoms with Crippen LogP contribution < -0.4 is 15.4 Å². The first-order valence-corrected chi connectivity index (χ1v) is 7.85. The van der Waals surface area contributed by atoms with Crippen LogP contribution in [-0.4, -0.2) is 25.6 Å². The van der Waals surface area contributed by atoms with E-state index in [1.165, 1.54) is 19.3 Å². The van der Waals surface area contributed by atoms with E-state index < -0.39 is 0 Å². The third kappa shape index (κ3) is 4.40. The molecule has 0 unspecified atom stereocenters. The molecule has 0 bridgehead atoms. The van der Waals surface area contributed by atoms with Crippen molar-refractivity contribution in [1.82, 2.24) is 5.32 Å². The fourth-order valence-electron chi connectivity index (χ4n) is 2.47. The molecule has 2 rings (SSSR count). The third-order valence-corrected chi connectivity index (χ3v) is 4.27. The molecule has 0 atom stereocenters. The largest absolute Gasteiger partial charge is 0.497 e. The second kappa shape index (κ2) is 7.53. The van der Waals surface area contributed by atoms with Gasteiger partial charge in [0, 0.05) is 16.6 Å². The topological polar surface area (TPSA) is 50.4 Å². The second-order valence-electron chi connectivity index (χ2n) is 5.10. The van der Waals surface area contributed by atoms with Crippen molar-refractivity contribution in [3.63, 3.8) is 0 Å². The lowest BCUT2D eigenvalue weighted by atomic mass is 9.95. The quantitative estimate of drug-likeness (QED) is 0.864. The van der Waals surface area contributed by atoms with E-state index in [1.54, 1.807) is 7.11 Å². The summed E-state index contributed by atoms with van der Waals surface area (Å²) in [5, 5.41) is 6.23. The van der Waals surface area contributed by atoms with Gasteiger partial charge in [-0.2, -0.15) is 0 Å². The van der Waals surface area contributed by atoms with Gasteiger partial charge in [-0.1, -0.05) is 19.3 Å². The Morgan fingerprint density at radius 3 is 2.80 bits per heavy atom. The highest BCUT2D eigenvalue weighted by atomic mass is 79.9. The molecule has 1 aromatic carbocycles. The number of hydrogen-bond donors (Lipinski definition) is 2. The summed E-state index contributed by atoms with van der Waals surface area (Å²) in [7, 11) is 1.63. The molecule has 0 aromatic heterocycles. The summed E-state index contributed by atoms with van der Waals surface area (Å²) < 4.78 is 6.10. The summed E-state index contributed by atoms with van der Waals surface area (Å²) in [6.45, 7) is 0.280. The number of amides is 1. The molecule has 0 aliphatic heterocycles. The van der Waals surface area contributed by atoms with Gasteiger partial charge in [0.05, 0.1) is 19.3 Å². The molecule has 2 N–H and O–H groups in total. The first kappa shape index (κ1) is 15.2. The predicted molar refractivity (Wildman–Crippen MR) is 84.2 cm³/mol. The zero-order valence-corrected chi connectivity index (χ0v) is 13.3. The van der Waals surface area contributed by atoms with Gasteiger partial charge in [-0.25, -0.2) is 0 Å². The van der Waals surface area contributed by atoms with Crippen molar-refractivity contribution in [2.75, 3.05) is 19.0 Å². The summed E-state index contributed by atoms with van der Waals surface area (Å²) >= 11 is 3.46. The Kier molecular flexibility index (Phi) is 5.71. The van der Waals surface area contributed by atoms with Gasteiger partial charge in [-0.05, 0) is 40.9 Å². The SMILES string of the molecule is COc1ccc(Br)c(NCC(=O)NC2CCCCC2)c1. The maximum absolute atomic E-state index is 11.9. The number of carbonyl (C=O) groups excluding carboxylic acids is 1. The maximum atomic E-state index is 11.9. The molecule has 5 heteroatoms. The number of nitrogens with one attached hydrogen (secondary N) is 2. The minimum atomic E-state index is 0.0478. The molecular formula is C15H21BrN2O2. The van der Waals surface area contributed by atoms with Crippen molar-refractivity contribution >= 4 is 27.5 Å². The van der Waals surface area contributed by atoms with Crippen LogP contribution in [0.2, 0.25) is 0 Å². The van der Waals surface area contributed by atoms with Crippen LogP contribution in [0.5, 0.6) is 5.75 Å². The lowest BCUT2D eigenvalue weighted by Crippen LogP contribution is -2.39. The fourth-order valence-corrected chi connectivity index (χ4v) is 2.85. The number of halogens is 1. The molecular weight excluding hydrogens is 320 g/mol. The van der Waals surface area contributed by atoms with Gasteiger partial charge in [-0.15, -0.1) is 0 Å². The molecule has 0 saturated heterocycles. The number of rotatable bonds is 5. The maximum Gasteiger partial charge on any atom is 0.239 e. The number of methoxy groups -OCH3 is 1. The first-order valence-electron chi connectivity index (χ1n) is 7.06. The standard InChI is InChI=1S/C15H21BrN2O2/c1-20-12-7-8-13(16)14(9-12)17-10-15(19)18-11-5-3-2-4-6-11/h7-9,11,17H,2-6,10H2,1H3,(H,18,19). The van der Waals surface area contributed by atoms with Crippen LogP contribution in [0.4, 0.5) is 5.69 Å².